The lowest BCUT2D eigenvalue weighted by Gasteiger charge is -2.13. The number of nitriles is 1. The molecule has 0 fully saturated rings. The molecule has 0 radical (unpaired) electrons. The molecule has 228 valence electrons. The van der Waals surface area contributed by atoms with E-state index in [-0.39, 0.29) is 9.79 Å². The SMILES string of the molecule is N#Cc1ccc(S(=O)(=O)c2ccc(-n3c4ccccc4c4c5c(c6ccccc6n5-c5ccccc5)n(-c5ccccc5)c43)cc2)cc1. The van der Waals surface area contributed by atoms with Crippen molar-refractivity contribution in [1.82, 2.24) is 13.7 Å². The Labute approximate surface area is 276 Å². The van der Waals surface area contributed by atoms with E-state index in [0.29, 0.717) is 5.56 Å². The fourth-order valence-corrected chi connectivity index (χ4v) is 8.27. The second-order valence-electron chi connectivity index (χ2n) is 11.7. The van der Waals surface area contributed by atoms with Crippen LogP contribution < -0.4 is 0 Å². The largest absolute Gasteiger partial charge is 0.307 e. The van der Waals surface area contributed by atoms with Crippen LogP contribution in [0.5, 0.6) is 0 Å². The second-order valence-corrected chi connectivity index (χ2v) is 13.7. The molecular weight excluding hydrogens is 613 g/mol. The first-order valence-electron chi connectivity index (χ1n) is 15.6. The Morgan fingerprint density at radius 2 is 0.938 bits per heavy atom. The summed E-state index contributed by atoms with van der Waals surface area (Å²) in [6, 6.07) is 52.9. The third kappa shape index (κ3) is 4.00. The van der Waals surface area contributed by atoms with Gasteiger partial charge in [0, 0.05) is 27.8 Å². The zero-order valence-corrected chi connectivity index (χ0v) is 26.3. The molecule has 9 rings (SSSR count). The van der Waals surface area contributed by atoms with E-state index in [9.17, 15) is 8.42 Å². The van der Waals surface area contributed by atoms with Crippen molar-refractivity contribution in [2.45, 2.75) is 9.79 Å². The van der Waals surface area contributed by atoms with Crippen molar-refractivity contribution in [3.8, 4) is 23.1 Å². The smallest absolute Gasteiger partial charge is 0.206 e. The lowest BCUT2D eigenvalue weighted by molar-refractivity contribution is 0.596. The Morgan fingerprint density at radius 3 is 1.54 bits per heavy atom. The van der Waals surface area contributed by atoms with E-state index in [0.717, 1.165) is 60.9 Å². The average Bonchev–Trinajstić information content (AvgIpc) is 3.77. The monoisotopic (exact) mass is 638 g/mol. The number of sulfone groups is 1. The maximum Gasteiger partial charge on any atom is 0.206 e. The van der Waals surface area contributed by atoms with Crippen LogP contribution in [0.3, 0.4) is 0 Å². The number of para-hydroxylation sites is 4. The number of hydrogen-bond donors (Lipinski definition) is 0. The van der Waals surface area contributed by atoms with Crippen LogP contribution in [0.15, 0.2) is 168 Å². The number of benzene rings is 6. The van der Waals surface area contributed by atoms with Crippen molar-refractivity contribution < 1.29 is 8.42 Å². The van der Waals surface area contributed by atoms with E-state index >= 15 is 0 Å². The van der Waals surface area contributed by atoms with Crippen LogP contribution >= 0.6 is 0 Å². The molecule has 3 heterocycles. The quantitative estimate of drug-likeness (QED) is 0.189. The van der Waals surface area contributed by atoms with Gasteiger partial charge in [-0.1, -0.05) is 72.8 Å². The molecule has 0 amide bonds. The maximum atomic E-state index is 13.6. The highest BCUT2D eigenvalue weighted by molar-refractivity contribution is 7.91. The molecule has 0 bridgehead atoms. The van der Waals surface area contributed by atoms with Crippen molar-refractivity contribution in [1.29, 1.82) is 5.26 Å². The summed E-state index contributed by atoms with van der Waals surface area (Å²) >= 11 is 0. The van der Waals surface area contributed by atoms with Gasteiger partial charge in [-0.3, -0.25) is 9.13 Å². The molecule has 0 atom stereocenters. The summed E-state index contributed by atoms with van der Waals surface area (Å²) in [7, 11) is -3.79. The van der Waals surface area contributed by atoms with Gasteiger partial charge in [0.25, 0.3) is 0 Å². The number of aromatic nitrogens is 3. The minimum Gasteiger partial charge on any atom is -0.307 e. The summed E-state index contributed by atoms with van der Waals surface area (Å²) in [6.07, 6.45) is 0. The summed E-state index contributed by atoms with van der Waals surface area (Å²) < 4.78 is 34.1. The van der Waals surface area contributed by atoms with Crippen LogP contribution in [-0.4, -0.2) is 22.1 Å². The third-order valence-corrected chi connectivity index (χ3v) is 10.9. The lowest BCUT2D eigenvalue weighted by atomic mass is 10.2. The van der Waals surface area contributed by atoms with Crippen molar-refractivity contribution in [2.24, 2.45) is 0 Å². The predicted molar refractivity (Wildman–Crippen MR) is 191 cm³/mol. The molecule has 0 saturated heterocycles. The molecule has 0 spiro atoms. The maximum absolute atomic E-state index is 13.6. The average molecular weight is 639 g/mol. The molecule has 0 aliphatic rings. The normalized spacial score (nSPS) is 11.9. The first-order valence-corrected chi connectivity index (χ1v) is 17.1. The molecule has 0 aliphatic heterocycles. The van der Waals surface area contributed by atoms with Gasteiger partial charge in [-0.25, -0.2) is 8.42 Å². The van der Waals surface area contributed by atoms with Crippen LogP contribution in [0.25, 0.3) is 60.9 Å². The van der Waals surface area contributed by atoms with E-state index in [4.69, 9.17) is 5.26 Å². The summed E-state index contributed by atoms with van der Waals surface area (Å²) in [5, 5.41) is 12.5. The third-order valence-electron chi connectivity index (χ3n) is 9.10. The number of rotatable bonds is 5. The minimum atomic E-state index is -3.79. The second kappa shape index (κ2) is 10.6. The topological polar surface area (TPSA) is 72.7 Å². The number of fused-ring (bicyclic) bond motifs is 7. The van der Waals surface area contributed by atoms with Gasteiger partial charge in [-0.2, -0.15) is 5.26 Å². The number of hydrogen-bond acceptors (Lipinski definition) is 3. The Balaban J connectivity index is 1.38. The van der Waals surface area contributed by atoms with E-state index in [1.54, 1.807) is 12.1 Å². The van der Waals surface area contributed by atoms with Crippen LogP contribution in [0.1, 0.15) is 5.56 Å². The lowest BCUT2D eigenvalue weighted by Crippen LogP contribution is -2.04. The highest BCUT2D eigenvalue weighted by Gasteiger charge is 2.28. The van der Waals surface area contributed by atoms with Gasteiger partial charge in [-0.05, 0) is 84.9 Å². The van der Waals surface area contributed by atoms with Crippen molar-refractivity contribution in [2.75, 3.05) is 0 Å². The first kappa shape index (κ1) is 27.9. The molecule has 0 saturated carbocycles. The molecule has 0 N–H and O–H groups in total. The summed E-state index contributed by atoms with van der Waals surface area (Å²) in [6.45, 7) is 0. The fraction of sp³-hybridized carbons (Fsp3) is 0. The molecular formula is C41H26N4O2S. The van der Waals surface area contributed by atoms with Gasteiger partial charge in [0.05, 0.1) is 48.9 Å². The summed E-state index contributed by atoms with van der Waals surface area (Å²) in [5.41, 5.74) is 8.69. The molecule has 3 aromatic heterocycles. The molecule has 7 heteroatoms. The van der Waals surface area contributed by atoms with Gasteiger partial charge in [-0.15, -0.1) is 0 Å². The zero-order valence-electron chi connectivity index (χ0n) is 25.5. The van der Waals surface area contributed by atoms with E-state index in [1.807, 2.05) is 36.4 Å². The molecule has 48 heavy (non-hydrogen) atoms. The Morgan fingerprint density at radius 1 is 0.458 bits per heavy atom. The van der Waals surface area contributed by atoms with Crippen molar-refractivity contribution in [3.05, 3.63) is 163 Å². The molecule has 9 aromatic rings. The molecule has 6 nitrogen and oxygen atoms in total. The molecule has 0 aliphatic carbocycles. The predicted octanol–water partition coefficient (Wildman–Crippen LogP) is 9.38. The highest BCUT2D eigenvalue weighted by Crippen LogP contribution is 2.45. The Kier molecular flexibility index (Phi) is 6.16. The van der Waals surface area contributed by atoms with E-state index in [2.05, 4.69) is 105 Å². The van der Waals surface area contributed by atoms with E-state index in [1.165, 1.54) is 24.3 Å². The molecule has 6 aromatic carbocycles. The summed E-state index contributed by atoms with van der Waals surface area (Å²) in [5.74, 6) is 0. The highest BCUT2D eigenvalue weighted by atomic mass is 32.2. The van der Waals surface area contributed by atoms with Crippen LogP contribution in [0.4, 0.5) is 0 Å². The number of nitrogens with zero attached hydrogens (tertiary/aromatic N) is 4. The van der Waals surface area contributed by atoms with Gasteiger partial charge in [0.2, 0.25) is 9.84 Å². The Bertz CT molecular complexity index is 2820. The standard InChI is InChI=1S/C41H26N4O2S/c42-27-28-19-23-32(24-20-28)48(46,47)33-25-21-31(22-26-33)44-36-17-9-7-15-34(36)38-40-39(45(41(38)44)30-13-5-2-6-14-30)35-16-8-10-18-37(35)43(40)29-11-3-1-4-12-29/h1-26H. The van der Waals surface area contributed by atoms with Crippen LogP contribution in [-0.2, 0) is 9.84 Å². The summed E-state index contributed by atoms with van der Waals surface area (Å²) in [4.78, 5) is 0.339. The fourth-order valence-electron chi connectivity index (χ4n) is 7.01. The molecule has 0 unspecified atom stereocenters. The van der Waals surface area contributed by atoms with Crippen LogP contribution in [0, 0.1) is 11.3 Å². The first-order chi connectivity index (χ1) is 23.6. The van der Waals surface area contributed by atoms with Crippen LogP contribution in [0.2, 0.25) is 0 Å². The van der Waals surface area contributed by atoms with E-state index < -0.39 is 9.84 Å². The van der Waals surface area contributed by atoms with Gasteiger partial charge >= 0.3 is 0 Å². The Hall–Kier alpha value is -6.36. The minimum absolute atomic E-state index is 0.150. The van der Waals surface area contributed by atoms with Crippen molar-refractivity contribution in [3.63, 3.8) is 0 Å². The van der Waals surface area contributed by atoms with Crippen molar-refractivity contribution >= 4 is 53.7 Å². The zero-order chi connectivity index (χ0) is 32.4. The van der Waals surface area contributed by atoms with Gasteiger partial charge in [0.15, 0.2) is 0 Å². The van der Waals surface area contributed by atoms with Gasteiger partial charge in [0.1, 0.15) is 5.65 Å². The van der Waals surface area contributed by atoms with Gasteiger partial charge < -0.3 is 4.57 Å².